The fourth-order valence-corrected chi connectivity index (χ4v) is 3.48. The number of nitrogens with one attached hydrogen (secondary N) is 1. The van der Waals surface area contributed by atoms with Crippen LogP contribution in [0.15, 0.2) is 0 Å². The van der Waals surface area contributed by atoms with Crippen molar-refractivity contribution in [3.8, 4) is 0 Å². The van der Waals surface area contributed by atoms with E-state index in [1.165, 1.54) is 0 Å². The van der Waals surface area contributed by atoms with Gasteiger partial charge in [0.15, 0.2) is 0 Å². The van der Waals surface area contributed by atoms with Crippen LogP contribution in [0.25, 0.3) is 0 Å². The monoisotopic (exact) mass is 250 g/mol. The maximum absolute atomic E-state index is 11.8. The number of unbranched alkanes of at least 4 members (excludes halogenated alkanes) is 1. The highest BCUT2D eigenvalue weighted by Crippen LogP contribution is 2.19. The third-order valence-corrected chi connectivity index (χ3v) is 4.34. The van der Waals surface area contributed by atoms with Crippen LogP contribution in [0.2, 0.25) is 0 Å². The van der Waals surface area contributed by atoms with Gasteiger partial charge in [0, 0.05) is 6.61 Å². The molecular weight excluding hydrogens is 228 g/mol. The minimum absolute atomic E-state index is 0.153. The minimum Gasteiger partial charge on any atom is -0.380 e. The number of hydrogen-bond acceptors (Lipinski definition) is 4. The zero-order valence-corrected chi connectivity index (χ0v) is 10.7. The molecule has 0 spiro atoms. The van der Waals surface area contributed by atoms with Crippen molar-refractivity contribution in [1.29, 1.82) is 0 Å². The molecule has 16 heavy (non-hydrogen) atoms. The van der Waals surface area contributed by atoms with E-state index < -0.39 is 15.6 Å². The molecule has 1 unspecified atom stereocenters. The van der Waals surface area contributed by atoms with Crippen LogP contribution in [0.4, 0.5) is 0 Å². The molecule has 96 valence electrons. The molecule has 1 heterocycles. The number of rotatable bonds is 6. The van der Waals surface area contributed by atoms with E-state index in [9.17, 15) is 8.42 Å². The molecule has 0 radical (unpaired) electrons. The summed E-state index contributed by atoms with van der Waals surface area (Å²) in [7, 11) is -3.20. The van der Waals surface area contributed by atoms with Crippen molar-refractivity contribution in [2.24, 2.45) is 5.73 Å². The molecule has 0 aliphatic carbocycles. The molecule has 1 aliphatic heterocycles. The quantitative estimate of drug-likeness (QED) is 0.660. The van der Waals surface area contributed by atoms with E-state index in [0.717, 1.165) is 25.9 Å². The van der Waals surface area contributed by atoms with Gasteiger partial charge in [0.1, 0.15) is 0 Å². The Morgan fingerprint density at radius 3 is 2.75 bits per heavy atom. The van der Waals surface area contributed by atoms with Crippen LogP contribution < -0.4 is 10.5 Å². The number of ether oxygens (including phenoxy) is 1. The van der Waals surface area contributed by atoms with Crippen LogP contribution in [0, 0.1) is 0 Å². The van der Waals surface area contributed by atoms with Gasteiger partial charge in [0.05, 0.1) is 17.9 Å². The van der Waals surface area contributed by atoms with Gasteiger partial charge in [0.25, 0.3) is 0 Å². The molecule has 0 aromatic heterocycles. The fraction of sp³-hybridized carbons (Fsp3) is 1.00. The molecule has 1 aliphatic rings. The van der Waals surface area contributed by atoms with E-state index in [-0.39, 0.29) is 5.75 Å². The number of hydrogen-bond donors (Lipinski definition) is 2. The summed E-state index contributed by atoms with van der Waals surface area (Å²) in [6, 6.07) is 0. The first-order chi connectivity index (χ1) is 7.47. The second-order valence-corrected chi connectivity index (χ2v) is 6.48. The summed E-state index contributed by atoms with van der Waals surface area (Å²) in [6.45, 7) is 3.62. The van der Waals surface area contributed by atoms with Gasteiger partial charge in [0.2, 0.25) is 10.0 Å². The average molecular weight is 250 g/mol. The molecule has 1 rings (SSSR count). The lowest BCUT2D eigenvalue weighted by Gasteiger charge is -2.33. The van der Waals surface area contributed by atoms with Gasteiger partial charge in [-0.15, -0.1) is 0 Å². The highest BCUT2D eigenvalue weighted by atomic mass is 32.2. The van der Waals surface area contributed by atoms with Crippen LogP contribution in [0.1, 0.15) is 32.6 Å². The molecule has 0 aromatic rings. The first-order valence-corrected chi connectivity index (χ1v) is 7.42. The largest absolute Gasteiger partial charge is 0.380 e. The first-order valence-electron chi connectivity index (χ1n) is 5.77. The summed E-state index contributed by atoms with van der Waals surface area (Å²) in [5.74, 6) is 0.153. The Morgan fingerprint density at radius 2 is 2.19 bits per heavy atom. The fourth-order valence-electron chi connectivity index (χ4n) is 1.88. The zero-order valence-electron chi connectivity index (χ0n) is 9.87. The Kier molecular flexibility index (Phi) is 5.17. The lowest BCUT2D eigenvalue weighted by Crippen LogP contribution is -2.52. The normalized spacial score (nSPS) is 26.9. The SMILES string of the molecule is CC1(NS(=O)(=O)CCCCN)CCCOC1. The lowest BCUT2D eigenvalue weighted by molar-refractivity contribution is 0.0386. The summed E-state index contributed by atoms with van der Waals surface area (Å²) in [6.07, 6.45) is 3.10. The highest BCUT2D eigenvalue weighted by Gasteiger charge is 2.31. The topological polar surface area (TPSA) is 81.4 Å². The smallest absolute Gasteiger partial charge is 0.212 e. The third kappa shape index (κ3) is 4.78. The molecule has 1 atom stereocenters. The molecule has 0 amide bonds. The van der Waals surface area contributed by atoms with Crippen LogP contribution in [0.5, 0.6) is 0 Å². The number of nitrogens with two attached hydrogens (primary N) is 1. The summed E-state index contributed by atoms with van der Waals surface area (Å²) in [5, 5.41) is 0. The predicted octanol–water partition coefficient (Wildman–Crippen LogP) is 0.214. The highest BCUT2D eigenvalue weighted by molar-refractivity contribution is 7.89. The Hall–Kier alpha value is -0.170. The van der Waals surface area contributed by atoms with Crippen LogP contribution in [-0.4, -0.2) is 39.5 Å². The molecule has 6 heteroatoms. The van der Waals surface area contributed by atoms with Crippen LogP contribution in [0.3, 0.4) is 0 Å². The van der Waals surface area contributed by atoms with Crippen molar-refractivity contribution in [3.63, 3.8) is 0 Å². The molecule has 0 bridgehead atoms. The predicted molar refractivity (Wildman–Crippen MR) is 63.7 cm³/mol. The van der Waals surface area contributed by atoms with E-state index in [1.54, 1.807) is 0 Å². The first kappa shape index (κ1) is 13.9. The third-order valence-electron chi connectivity index (χ3n) is 2.71. The minimum atomic E-state index is -3.20. The van der Waals surface area contributed by atoms with Gasteiger partial charge >= 0.3 is 0 Å². The molecular formula is C10H22N2O3S. The van der Waals surface area contributed by atoms with Crippen molar-refractivity contribution < 1.29 is 13.2 Å². The van der Waals surface area contributed by atoms with Crippen molar-refractivity contribution in [3.05, 3.63) is 0 Å². The zero-order chi connectivity index (χ0) is 12.1. The summed E-state index contributed by atoms with van der Waals surface area (Å²) < 4.78 is 31.6. The van der Waals surface area contributed by atoms with Gasteiger partial charge in [-0.25, -0.2) is 13.1 Å². The van der Waals surface area contributed by atoms with Crippen LogP contribution >= 0.6 is 0 Å². The van der Waals surface area contributed by atoms with E-state index in [2.05, 4.69) is 4.72 Å². The Morgan fingerprint density at radius 1 is 1.44 bits per heavy atom. The van der Waals surface area contributed by atoms with Gasteiger partial charge < -0.3 is 10.5 Å². The van der Waals surface area contributed by atoms with Gasteiger partial charge in [-0.3, -0.25) is 0 Å². The molecule has 3 N–H and O–H groups in total. The number of sulfonamides is 1. The Bertz CT molecular complexity index is 297. The van der Waals surface area contributed by atoms with E-state index in [1.807, 2.05) is 6.92 Å². The Balaban J connectivity index is 2.44. The van der Waals surface area contributed by atoms with Crippen molar-refractivity contribution in [2.75, 3.05) is 25.5 Å². The van der Waals surface area contributed by atoms with E-state index in [0.29, 0.717) is 19.6 Å². The lowest BCUT2D eigenvalue weighted by atomic mass is 9.97. The van der Waals surface area contributed by atoms with Crippen molar-refractivity contribution in [2.45, 2.75) is 38.1 Å². The van der Waals surface area contributed by atoms with Crippen molar-refractivity contribution >= 4 is 10.0 Å². The van der Waals surface area contributed by atoms with Crippen molar-refractivity contribution in [1.82, 2.24) is 4.72 Å². The summed E-state index contributed by atoms with van der Waals surface area (Å²) in [4.78, 5) is 0. The maximum atomic E-state index is 11.8. The van der Waals surface area contributed by atoms with Gasteiger partial charge in [-0.05, 0) is 39.2 Å². The van der Waals surface area contributed by atoms with Gasteiger partial charge in [-0.2, -0.15) is 0 Å². The van der Waals surface area contributed by atoms with E-state index >= 15 is 0 Å². The molecule has 0 aromatic carbocycles. The molecule has 0 saturated carbocycles. The Labute approximate surface area is 97.8 Å². The average Bonchev–Trinajstić information content (AvgIpc) is 2.17. The van der Waals surface area contributed by atoms with Crippen LogP contribution in [-0.2, 0) is 14.8 Å². The summed E-state index contributed by atoms with van der Waals surface area (Å²) in [5.41, 5.74) is 4.90. The second kappa shape index (κ2) is 5.95. The molecule has 1 fully saturated rings. The molecule has 5 nitrogen and oxygen atoms in total. The van der Waals surface area contributed by atoms with Gasteiger partial charge in [-0.1, -0.05) is 0 Å². The van der Waals surface area contributed by atoms with E-state index in [4.69, 9.17) is 10.5 Å². The standard InChI is InChI=1S/C10H22N2O3S/c1-10(5-4-7-15-9-10)12-16(13,14)8-3-2-6-11/h12H,2-9,11H2,1H3. The maximum Gasteiger partial charge on any atom is 0.212 e. The second-order valence-electron chi connectivity index (χ2n) is 4.63. The summed E-state index contributed by atoms with van der Waals surface area (Å²) >= 11 is 0. The molecule has 1 saturated heterocycles.